The molecule has 6 nitrogen and oxygen atoms in total. The summed E-state index contributed by atoms with van der Waals surface area (Å²) < 4.78 is 0. The van der Waals surface area contributed by atoms with Crippen molar-refractivity contribution in [2.45, 2.75) is 19.8 Å². The SMILES string of the molecule is CCCC(CNC(=O)c1cc(Cl)nnc1Cl)C(=O)O. The number of hydrogen-bond acceptors (Lipinski definition) is 4. The molecule has 0 bridgehead atoms. The van der Waals surface area contributed by atoms with Crippen molar-refractivity contribution in [3.8, 4) is 0 Å². The lowest BCUT2D eigenvalue weighted by molar-refractivity contribution is -0.141. The van der Waals surface area contributed by atoms with Crippen LogP contribution in [0.1, 0.15) is 30.1 Å². The Morgan fingerprint density at radius 2 is 2.11 bits per heavy atom. The lowest BCUT2D eigenvalue weighted by Gasteiger charge is -2.12. The number of amides is 1. The van der Waals surface area contributed by atoms with Crippen LogP contribution in [-0.4, -0.2) is 33.7 Å². The molecule has 1 atom stereocenters. The predicted molar refractivity (Wildman–Crippen MR) is 70.4 cm³/mol. The highest BCUT2D eigenvalue weighted by molar-refractivity contribution is 6.34. The monoisotopic (exact) mass is 305 g/mol. The Labute approximate surface area is 120 Å². The Morgan fingerprint density at radius 3 is 2.68 bits per heavy atom. The first-order valence-corrected chi connectivity index (χ1v) is 6.41. The smallest absolute Gasteiger partial charge is 0.308 e. The number of aromatic nitrogens is 2. The number of carboxylic acid groups (broad SMARTS) is 1. The van der Waals surface area contributed by atoms with Crippen LogP contribution in [0.2, 0.25) is 10.3 Å². The van der Waals surface area contributed by atoms with Crippen LogP contribution in [0.25, 0.3) is 0 Å². The zero-order valence-corrected chi connectivity index (χ0v) is 11.7. The van der Waals surface area contributed by atoms with Crippen molar-refractivity contribution in [2.24, 2.45) is 5.92 Å². The molecule has 1 unspecified atom stereocenters. The van der Waals surface area contributed by atoms with Gasteiger partial charge in [0.1, 0.15) is 0 Å². The zero-order chi connectivity index (χ0) is 14.4. The van der Waals surface area contributed by atoms with Gasteiger partial charge in [0.05, 0.1) is 11.5 Å². The summed E-state index contributed by atoms with van der Waals surface area (Å²) >= 11 is 11.3. The minimum atomic E-state index is -0.945. The lowest BCUT2D eigenvalue weighted by atomic mass is 10.0. The fourth-order valence-corrected chi connectivity index (χ4v) is 1.81. The predicted octanol–water partition coefficient (Wildman–Crippen LogP) is 2.01. The summed E-state index contributed by atoms with van der Waals surface area (Å²) in [7, 11) is 0. The van der Waals surface area contributed by atoms with E-state index in [9.17, 15) is 9.59 Å². The van der Waals surface area contributed by atoms with Gasteiger partial charge in [0.15, 0.2) is 10.3 Å². The number of nitrogens with zero attached hydrogens (tertiary/aromatic N) is 2. The zero-order valence-electron chi connectivity index (χ0n) is 10.2. The molecule has 0 fully saturated rings. The van der Waals surface area contributed by atoms with Crippen molar-refractivity contribution >= 4 is 35.1 Å². The van der Waals surface area contributed by atoms with E-state index < -0.39 is 17.8 Å². The van der Waals surface area contributed by atoms with E-state index in [4.69, 9.17) is 28.3 Å². The maximum atomic E-state index is 11.8. The average Bonchev–Trinajstić information content (AvgIpc) is 2.36. The number of nitrogens with one attached hydrogen (secondary N) is 1. The summed E-state index contributed by atoms with van der Waals surface area (Å²) in [5, 5.41) is 18.4. The molecule has 0 spiro atoms. The molecule has 0 saturated carbocycles. The highest BCUT2D eigenvalue weighted by atomic mass is 35.5. The molecule has 0 aliphatic heterocycles. The van der Waals surface area contributed by atoms with Crippen LogP contribution in [0.15, 0.2) is 6.07 Å². The normalized spacial score (nSPS) is 11.9. The van der Waals surface area contributed by atoms with Gasteiger partial charge in [-0.25, -0.2) is 0 Å². The van der Waals surface area contributed by atoms with Gasteiger partial charge in [0.2, 0.25) is 0 Å². The van der Waals surface area contributed by atoms with E-state index in [0.29, 0.717) is 6.42 Å². The number of aliphatic carboxylic acids is 1. The first kappa shape index (κ1) is 15.7. The second kappa shape index (κ2) is 7.25. The first-order chi connectivity index (χ1) is 8.95. The fraction of sp³-hybridized carbons (Fsp3) is 0.455. The Balaban J connectivity index is 2.69. The molecule has 0 saturated heterocycles. The summed E-state index contributed by atoms with van der Waals surface area (Å²) in [4.78, 5) is 22.8. The second-order valence-corrected chi connectivity index (χ2v) is 4.65. The fourth-order valence-electron chi connectivity index (χ4n) is 1.48. The first-order valence-electron chi connectivity index (χ1n) is 5.65. The molecule has 1 amide bonds. The van der Waals surface area contributed by atoms with Gasteiger partial charge in [-0.05, 0) is 12.5 Å². The molecule has 0 aliphatic rings. The largest absolute Gasteiger partial charge is 0.481 e. The Bertz CT molecular complexity index is 482. The minimum Gasteiger partial charge on any atom is -0.481 e. The Morgan fingerprint density at radius 1 is 1.42 bits per heavy atom. The van der Waals surface area contributed by atoms with Gasteiger partial charge in [-0.15, -0.1) is 10.2 Å². The van der Waals surface area contributed by atoms with Crippen LogP contribution in [0, 0.1) is 5.92 Å². The molecule has 1 aromatic rings. The van der Waals surface area contributed by atoms with Crippen LogP contribution < -0.4 is 5.32 Å². The molecule has 1 aromatic heterocycles. The summed E-state index contributed by atoms with van der Waals surface area (Å²) in [6, 6.07) is 1.28. The second-order valence-electron chi connectivity index (χ2n) is 3.91. The number of rotatable bonds is 6. The maximum Gasteiger partial charge on any atom is 0.308 e. The Kier molecular flexibility index (Phi) is 5.98. The van der Waals surface area contributed by atoms with Gasteiger partial charge in [0, 0.05) is 6.54 Å². The molecule has 104 valence electrons. The van der Waals surface area contributed by atoms with Crippen LogP contribution in [0.4, 0.5) is 0 Å². The van der Waals surface area contributed by atoms with E-state index in [1.165, 1.54) is 6.07 Å². The van der Waals surface area contributed by atoms with E-state index in [1.807, 2.05) is 6.92 Å². The van der Waals surface area contributed by atoms with E-state index in [0.717, 1.165) is 6.42 Å². The van der Waals surface area contributed by atoms with Gasteiger partial charge < -0.3 is 10.4 Å². The number of carbonyl (C=O) groups excluding carboxylic acids is 1. The summed E-state index contributed by atoms with van der Waals surface area (Å²) in [5.41, 5.74) is 0.0716. The topological polar surface area (TPSA) is 92.2 Å². The molecule has 0 aliphatic carbocycles. The molecule has 8 heteroatoms. The lowest BCUT2D eigenvalue weighted by Crippen LogP contribution is -2.33. The van der Waals surface area contributed by atoms with Crippen molar-refractivity contribution < 1.29 is 14.7 Å². The maximum absolute atomic E-state index is 11.8. The number of hydrogen-bond donors (Lipinski definition) is 2. The minimum absolute atomic E-state index is 0.0261. The van der Waals surface area contributed by atoms with Crippen LogP contribution in [0.5, 0.6) is 0 Å². The molecule has 0 radical (unpaired) electrons. The summed E-state index contributed by atoms with van der Waals surface area (Å²) in [5.74, 6) is -2.10. The highest BCUT2D eigenvalue weighted by Gasteiger charge is 2.19. The van der Waals surface area contributed by atoms with Crippen molar-refractivity contribution in [2.75, 3.05) is 6.54 Å². The van der Waals surface area contributed by atoms with Crippen LogP contribution in [0.3, 0.4) is 0 Å². The van der Waals surface area contributed by atoms with Gasteiger partial charge in [0.25, 0.3) is 5.91 Å². The molecule has 19 heavy (non-hydrogen) atoms. The van der Waals surface area contributed by atoms with Gasteiger partial charge in [-0.1, -0.05) is 36.5 Å². The van der Waals surface area contributed by atoms with Gasteiger partial charge >= 0.3 is 5.97 Å². The van der Waals surface area contributed by atoms with Crippen LogP contribution in [-0.2, 0) is 4.79 Å². The summed E-state index contributed by atoms with van der Waals surface area (Å²) in [6.45, 7) is 1.90. The van der Waals surface area contributed by atoms with Crippen molar-refractivity contribution in [1.82, 2.24) is 15.5 Å². The molecular weight excluding hydrogens is 293 g/mol. The number of halogens is 2. The quantitative estimate of drug-likeness (QED) is 0.838. The molecule has 1 heterocycles. The van der Waals surface area contributed by atoms with Crippen LogP contribution >= 0.6 is 23.2 Å². The third kappa shape index (κ3) is 4.65. The summed E-state index contributed by atoms with van der Waals surface area (Å²) in [6.07, 6.45) is 1.20. The molecule has 2 N–H and O–H groups in total. The van der Waals surface area contributed by atoms with E-state index in [-0.39, 0.29) is 22.4 Å². The van der Waals surface area contributed by atoms with E-state index in [2.05, 4.69) is 15.5 Å². The van der Waals surface area contributed by atoms with Crippen molar-refractivity contribution in [3.05, 3.63) is 21.9 Å². The van der Waals surface area contributed by atoms with Crippen molar-refractivity contribution in [1.29, 1.82) is 0 Å². The molecule has 1 rings (SSSR count). The molecule has 0 aromatic carbocycles. The molecular formula is C11H13Cl2N3O3. The van der Waals surface area contributed by atoms with Gasteiger partial charge in [-0.2, -0.15) is 0 Å². The number of carboxylic acids is 1. The van der Waals surface area contributed by atoms with E-state index >= 15 is 0 Å². The standard InChI is InChI=1S/C11H13Cl2N3O3/c1-2-3-6(11(18)19)5-14-10(17)7-4-8(12)15-16-9(7)13/h4,6H,2-3,5H2,1H3,(H,14,17)(H,18,19). The number of carbonyl (C=O) groups is 2. The third-order valence-corrected chi connectivity index (χ3v) is 2.92. The van der Waals surface area contributed by atoms with E-state index in [1.54, 1.807) is 0 Å². The van der Waals surface area contributed by atoms with Crippen molar-refractivity contribution in [3.63, 3.8) is 0 Å². The van der Waals surface area contributed by atoms with Gasteiger partial charge in [-0.3, -0.25) is 9.59 Å². The Hall–Kier alpha value is -1.40. The third-order valence-electron chi connectivity index (χ3n) is 2.46. The highest BCUT2D eigenvalue weighted by Crippen LogP contribution is 2.15. The average molecular weight is 306 g/mol.